The van der Waals surface area contributed by atoms with E-state index in [1.807, 2.05) is 6.92 Å². The zero-order chi connectivity index (χ0) is 11.7. The molecular formula is C12H22BNO2. The van der Waals surface area contributed by atoms with Crippen molar-refractivity contribution in [2.24, 2.45) is 23.0 Å². The molecule has 16 heavy (non-hydrogen) atoms. The van der Waals surface area contributed by atoms with Crippen molar-refractivity contribution in [1.82, 2.24) is 0 Å². The third-order valence-corrected chi connectivity index (χ3v) is 5.40. The van der Waals surface area contributed by atoms with Crippen LogP contribution in [0.3, 0.4) is 0 Å². The smallest absolute Gasteiger partial charge is 0.404 e. The number of hydrogen-bond donors (Lipinski definition) is 1. The molecule has 0 radical (unpaired) electrons. The molecule has 4 fully saturated rings. The molecule has 0 spiro atoms. The molecule has 0 aromatic carbocycles. The molecule has 5 atom stereocenters. The molecule has 4 rings (SSSR count). The van der Waals surface area contributed by atoms with Gasteiger partial charge < -0.3 is 15.0 Å². The molecule has 1 saturated heterocycles. The van der Waals surface area contributed by atoms with Crippen molar-refractivity contribution in [3.8, 4) is 0 Å². The van der Waals surface area contributed by atoms with Crippen molar-refractivity contribution >= 4 is 7.12 Å². The van der Waals surface area contributed by atoms with Gasteiger partial charge in [-0.3, -0.25) is 0 Å². The average Bonchev–Trinajstić information content (AvgIpc) is 2.54. The highest BCUT2D eigenvalue weighted by Gasteiger charge is 2.68. The van der Waals surface area contributed by atoms with Crippen LogP contribution in [0.1, 0.15) is 40.5 Å². The first-order valence-electron chi connectivity index (χ1n) is 6.44. The summed E-state index contributed by atoms with van der Waals surface area (Å²) in [6, 6.07) is 0. The largest absolute Gasteiger partial charge is 0.475 e. The second kappa shape index (κ2) is 3.03. The standard InChI is InChI=1S/C12H22BNO2/c1-7(14)13-15-10-6-8-5-9(11(8,2)3)12(10,4)16-13/h7-10H,5-6,14H2,1-4H3/t7-,8-,9?,10?,12-/m0/s1. The van der Waals surface area contributed by atoms with Gasteiger partial charge in [-0.25, -0.2) is 0 Å². The molecule has 1 aliphatic heterocycles. The molecule has 2 N–H and O–H groups in total. The van der Waals surface area contributed by atoms with Gasteiger partial charge >= 0.3 is 7.12 Å². The fraction of sp³-hybridized carbons (Fsp3) is 1.00. The lowest BCUT2D eigenvalue weighted by Gasteiger charge is -2.64. The zero-order valence-corrected chi connectivity index (χ0v) is 10.7. The molecule has 3 aliphatic carbocycles. The van der Waals surface area contributed by atoms with Crippen LogP contribution in [0.15, 0.2) is 0 Å². The van der Waals surface area contributed by atoms with Crippen LogP contribution in [-0.4, -0.2) is 24.8 Å². The molecular weight excluding hydrogens is 201 g/mol. The Morgan fingerprint density at radius 1 is 1.31 bits per heavy atom. The Labute approximate surface area is 98.2 Å². The van der Waals surface area contributed by atoms with E-state index < -0.39 is 0 Å². The van der Waals surface area contributed by atoms with E-state index in [0.29, 0.717) is 11.3 Å². The van der Waals surface area contributed by atoms with Gasteiger partial charge in [0.2, 0.25) is 0 Å². The maximum absolute atomic E-state index is 6.15. The minimum atomic E-state index is -0.204. The van der Waals surface area contributed by atoms with E-state index in [9.17, 15) is 0 Å². The van der Waals surface area contributed by atoms with Gasteiger partial charge in [-0.1, -0.05) is 20.8 Å². The van der Waals surface area contributed by atoms with Crippen LogP contribution in [-0.2, 0) is 9.31 Å². The summed E-state index contributed by atoms with van der Waals surface area (Å²) >= 11 is 0. The first kappa shape index (κ1) is 11.1. The van der Waals surface area contributed by atoms with Crippen LogP contribution in [0.2, 0.25) is 0 Å². The summed E-state index contributed by atoms with van der Waals surface area (Å²) in [4.78, 5) is 0. The Balaban J connectivity index is 1.87. The summed E-state index contributed by atoms with van der Waals surface area (Å²) in [6.07, 6.45) is 2.71. The van der Waals surface area contributed by atoms with Gasteiger partial charge in [0, 0.05) is 5.94 Å². The van der Waals surface area contributed by atoms with Crippen LogP contribution in [0.25, 0.3) is 0 Å². The molecule has 2 unspecified atom stereocenters. The minimum absolute atomic E-state index is 0.0391. The van der Waals surface area contributed by atoms with Crippen LogP contribution < -0.4 is 5.73 Å². The molecule has 4 aliphatic rings. The van der Waals surface area contributed by atoms with Crippen molar-refractivity contribution in [3.05, 3.63) is 0 Å². The van der Waals surface area contributed by atoms with Crippen molar-refractivity contribution < 1.29 is 9.31 Å². The summed E-state index contributed by atoms with van der Waals surface area (Å²) in [5, 5.41) is 0. The van der Waals surface area contributed by atoms with Crippen molar-refractivity contribution in [3.63, 3.8) is 0 Å². The van der Waals surface area contributed by atoms with Crippen LogP contribution in [0, 0.1) is 17.3 Å². The van der Waals surface area contributed by atoms with Gasteiger partial charge in [-0.2, -0.15) is 0 Å². The van der Waals surface area contributed by atoms with Gasteiger partial charge in [0.25, 0.3) is 0 Å². The number of rotatable bonds is 1. The molecule has 3 nitrogen and oxygen atoms in total. The van der Waals surface area contributed by atoms with Gasteiger partial charge in [-0.15, -0.1) is 0 Å². The molecule has 4 heteroatoms. The maximum Gasteiger partial charge on any atom is 0.475 e. The lowest BCUT2D eigenvalue weighted by atomic mass is 9.43. The topological polar surface area (TPSA) is 44.5 Å². The van der Waals surface area contributed by atoms with Gasteiger partial charge in [0.1, 0.15) is 0 Å². The normalized spacial score (nSPS) is 50.8. The Morgan fingerprint density at radius 3 is 2.56 bits per heavy atom. The van der Waals surface area contributed by atoms with E-state index in [2.05, 4.69) is 20.8 Å². The SMILES string of the molecule is C[C@H](N)B1OC2C[C@@H]3CC(C3(C)C)[C@]2(C)O1. The van der Waals surface area contributed by atoms with Gasteiger partial charge in [0.05, 0.1) is 11.7 Å². The number of nitrogens with two attached hydrogens (primary N) is 1. The minimum Gasteiger partial charge on any atom is -0.404 e. The molecule has 2 bridgehead atoms. The van der Waals surface area contributed by atoms with Crippen molar-refractivity contribution in [2.75, 3.05) is 0 Å². The van der Waals surface area contributed by atoms with Crippen LogP contribution in [0.5, 0.6) is 0 Å². The average molecular weight is 223 g/mol. The summed E-state index contributed by atoms with van der Waals surface area (Å²) in [5.41, 5.74) is 6.20. The first-order chi connectivity index (χ1) is 7.35. The highest BCUT2D eigenvalue weighted by atomic mass is 16.7. The van der Waals surface area contributed by atoms with Crippen LogP contribution >= 0.6 is 0 Å². The van der Waals surface area contributed by atoms with Gasteiger partial charge in [-0.05, 0) is 37.0 Å². The Kier molecular flexibility index (Phi) is 2.10. The Hall–Kier alpha value is -0.0551. The fourth-order valence-electron chi connectivity index (χ4n) is 4.13. The molecule has 1 heterocycles. The quantitative estimate of drug-likeness (QED) is 0.686. The lowest BCUT2D eigenvalue weighted by molar-refractivity contribution is -0.199. The summed E-state index contributed by atoms with van der Waals surface area (Å²) in [7, 11) is -0.204. The summed E-state index contributed by atoms with van der Waals surface area (Å²) in [6.45, 7) is 8.93. The highest BCUT2D eigenvalue weighted by Crippen LogP contribution is 2.65. The lowest BCUT2D eigenvalue weighted by Crippen LogP contribution is -2.65. The van der Waals surface area contributed by atoms with E-state index in [-0.39, 0.29) is 24.8 Å². The first-order valence-corrected chi connectivity index (χ1v) is 6.44. The highest BCUT2D eigenvalue weighted by molar-refractivity contribution is 6.47. The molecule has 90 valence electrons. The predicted octanol–water partition coefficient (Wildman–Crippen LogP) is 1.60. The van der Waals surface area contributed by atoms with E-state index in [0.717, 1.165) is 12.3 Å². The Bertz CT molecular complexity index is 320. The number of hydrogen-bond acceptors (Lipinski definition) is 3. The maximum atomic E-state index is 6.15. The molecule has 3 saturated carbocycles. The zero-order valence-electron chi connectivity index (χ0n) is 10.7. The van der Waals surface area contributed by atoms with E-state index in [1.54, 1.807) is 0 Å². The molecule has 0 aromatic heterocycles. The van der Waals surface area contributed by atoms with Crippen molar-refractivity contribution in [2.45, 2.75) is 58.2 Å². The third kappa shape index (κ3) is 1.16. The van der Waals surface area contributed by atoms with Crippen LogP contribution in [0.4, 0.5) is 0 Å². The van der Waals surface area contributed by atoms with Crippen molar-refractivity contribution in [1.29, 1.82) is 0 Å². The third-order valence-electron chi connectivity index (χ3n) is 5.40. The molecule has 0 aromatic rings. The summed E-state index contributed by atoms with van der Waals surface area (Å²) < 4.78 is 12.1. The Morgan fingerprint density at radius 2 is 2.00 bits per heavy atom. The summed E-state index contributed by atoms with van der Waals surface area (Å²) in [5.74, 6) is 1.40. The second-order valence-corrected chi connectivity index (χ2v) is 6.70. The van der Waals surface area contributed by atoms with E-state index >= 15 is 0 Å². The van der Waals surface area contributed by atoms with Gasteiger partial charge in [0.15, 0.2) is 0 Å². The predicted molar refractivity (Wildman–Crippen MR) is 63.8 cm³/mol. The van der Waals surface area contributed by atoms with E-state index in [4.69, 9.17) is 15.0 Å². The fourth-order valence-corrected chi connectivity index (χ4v) is 4.13. The second-order valence-electron chi connectivity index (χ2n) is 6.70. The monoisotopic (exact) mass is 223 g/mol. The van der Waals surface area contributed by atoms with E-state index in [1.165, 1.54) is 6.42 Å². The molecule has 0 amide bonds.